The van der Waals surface area contributed by atoms with Crippen molar-refractivity contribution in [3.63, 3.8) is 0 Å². The highest BCUT2D eigenvalue weighted by Gasteiger charge is 2.63. The van der Waals surface area contributed by atoms with Gasteiger partial charge in [-0.05, 0) is 30.9 Å². The van der Waals surface area contributed by atoms with E-state index in [1.165, 1.54) is 6.07 Å². The third-order valence-corrected chi connectivity index (χ3v) is 5.17. The molecule has 0 bridgehead atoms. The number of benzene rings is 2. The fourth-order valence-electron chi connectivity index (χ4n) is 3.52. The zero-order valence-corrected chi connectivity index (χ0v) is 16.7. The number of alkyl halides is 6. The Morgan fingerprint density at radius 2 is 1.59 bits per heavy atom. The van der Waals surface area contributed by atoms with Crippen LogP contribution in [0.3, 0.4) is 0 Å². The summed E-state index contributed by atoms with van der Waals surface area (Å²) in [5.74, 6) is -1.11. The summed E-state index contributed by atoms with van der Waals surface area (Å²) in [6.45, 7) is 0. The summed E-state index contributed by atoms with van der Waals surface area (Å²) in [7, 11) is 0. The van der Waals surface area contributed by atoms with Crippen LogP contribution in [0.25, 0.3) is 0 Å². The van der Waals surface area contributed by atoms with Crippen molar-refractivity contribution in [2.45, 2.75) is 50.2 Å². The van der Waals surface area contributed by atoms with Gasteiger partial charge in [0.05, 0.1) is 17.7 Å². The summed E-state index contributed by atoms with van der Waals surface area (Å²) >= 11 is 0. The molecule has 32 heavy (non-hydrogen) atoms. The molecule has 0 radical (unpaired) electrons. The molecule has 172 valence electrons. The minimum atomic E-state index is -5.31. The monoisotopic (exact) mass is 458 g/mol. The molecule has 1 aliphatic heterocycles. The number of hydrazone groups is 1. The number of nitrogens with zero attached hydrogens (tertiary/aromatic N) is 2. The highest BCUT2D eigenvalue weighted by Crippen LogP contribution is 2.43. The summed E-state index contributed by atoms with van der Waals surface area (Å²) in [6, 6.07) is 13.2. The number of hydrogen-bond acceptors (Lipinski definition) is 3. The average molecular weight is 458 g/mol. The van der Waals surface area contributed by atoms with Crippen molar-refractivity contribution in [3.8, 4) is 0 Å². The molecule has 0 spiro atoms. The lowest BCUT2D eigenvalue weighted by molar-refractivity contribution is -0.302. The van der Waals surface area contributed by atoms with E-state index in [1.54, 1.807) is 0 Å². The van der Waals surface area contributed by atoms with Gasteiger partial charge in [0.25, 0.3) is 5.72 Å². The van der Waals surface area contributed by atoms with Crippen LogP contribution in [0, 0.1) is 0 Å². The van der Waals surface area contributed by atoms with Gasteiger partial charge in [-0.25, -0.2) is 0 Å². The zero-order valence-electron chi connectivity index (χ0n) is 16.7. The number of carbonyl (C=O) groups excluding carboxylic acids is 1. The Labute approximate surface area is 180 Å². The molecule has 0 saturated carbocycles. The van der Waals surface area contributed by atoms with Gasteiger partial charge in [-0.2, -0.15) is 36.5 Å². The summed E-state index contributed by atoms with van der Waals surface area (Å²) in [5, 5.41) is 13.7. The van der Waals surface area contributed by atoms with Gasteiger partial charge in [0.2, 0.25) is 5.91 Å². The van der Waals surface area contributed by atoms with Crippen molar-refractivity contribution in [2.75, 3.05) is 0 Å². The van der Waals surface area contributed by atoms with E-state index >= 15 is 0 Å². The molecule has 1 unspecified atom stereocenters. The topological polar surface area (TPSA) is 52.9 Å². The summed E-state index contributed by atoms with van der Waals surface area (Å²) < 4.78 is 80.9. The smallest absolute Gasteiger partial charge is 0.362 e. The number of amides is 1. The van der Waals surface area contributed by atoms with E-state index in [1.807, 2.05) is 30.3 Å². The quantitative estimate of drug-likeness (QED) is 0.472. The van der Waals surface area contributed by atoms with E-state index in [0.717, 1.165) is 17.7 Å². The number of carbonyl (C=O) groups is 1. The summed E-state index contributed by atoms with van der Waals surface area (Å²) in [5.41, 5.74) is -5.17. The fourth-order valence-corrected chi connectivity index (χ4v) is 3.52. The van der Waals surface area contributed by atoms with Crippen LogP contribution in [0.1, 0.15) is 42.4 Å². The van der Waals surface area contributed by atoms with E-state index in [0.29, 0.717) is 18.9 Å². The highest BCUT2D eigenvalue weighted by molar-refractivity contribution is 6.04. The SMILES string of the molecule is O=C(CCCCc1ccccc1)N1N=C(c2ccccc2C(F)(F)F)CC1(O)C(F)(F)F. The Hall–Kier alpha value is -2.88. The van der Waals surface area contributed by atoms with Gasteiger partial charge >= 0.3 is 12.4 Å². The first-order valence-electron chi connectivity index (χ1n) is 9.83. The van der Waals surface area contributed by atoms with Crippen LogP contribution in [0.2, 0.25) is 0 Å². The number of aryl methyl sites for hydroxylation is 1. The molecular weight excluding hydrogens is 438 g/mol. The Morgan fingerprint density at radius 1 is 0.969 bits per heavy atom. The highest BCUT2D eigenvalue weighted by atomic mass is 19.4. The zero-order chi connectivity index (χ0) is 23.6. The van der Waals surface area contributed by atoms with Gasteiger partial charge in [-0.1, -0.05) is 48.5 Å². The first kappa shape index (κ1) is 23.8. The number of unbranched alkanes of at least 4 members (excludes halogenated alkanes) is 1. The molecule has 2 aromatic carbocycles. The van der Waals surface area contributed by atoms with Crippen LogP contribution in [0.5, 0.6) is 0 Å². The minimum absolute atomic E-state index is 0.113. The van der Waals surface area contributed by atoms with E-state index in [4.69, 9.17) is 0 Å². The van der Waals surface area contributed by atoms with Gasteiger partial charge < -0.3 is 5.11 Å². The molecule has 2 aromatic rings. The summed E-state index contributed by atoms with van der Waals surface area (Å²) in [6.07, 6.45) is -10.5. The molecule has 0 fully saturated rings. The van der Waals surface area contributed by atoms with Crippen LogP contribution in [0.15, 0.2) is 59.7 Å². The lowest BCUT2D eigenvalue weighted by Crippen LogP contribution is -2.56. The van der Waals surface area contributed by atoms with Crippen LogP contribution in [-0.4, -0.2) is 33.6 Å². The second-order valence-corrected chi connectivity index (χ2v) is 7.48. The Morgan fingerprint density at radius 3 is 2.22 bits per heavy atom. The third kappa shape index (κ3) is 4.95. The third-order valence-electron chi connectivity index (χ3n) is 5.17. The molecule has 4 nitrogen and oxygen atoms in total. The van der Waals surface area contributed by atoms with Crippen LogP contribution >= 0.6 is 0 Å². The van der Waals surface area contributed by atoms with E-state index < -0.39 is 47.2 Å². The molecule has 3 rings (SSSR count). The Balaban J connectivity index is 1.80. The van der Waals surface area contributed by atoms with Crippen LogP contribution < -0.4 is 0 Å². The maximum absolute atomic E-state index is 13.6. The number of rotatable bonds is 6. The van der Waals surface area contributed by atoms with Crippen molar-refractivity contribution in [3.05, 3.63) is 71.3 Å². The number of halogens is 6. The molecule has 0 saturated heterocycles. The number of aliphatic hydroxyl groups is 1. The van der Waals surface area contributed by atoms with E-state index in [-0.39, 0.29) is 17.9 Å². The van der Waals surface area contributed by atoms with Crippen LogP contribution in [0.4, 0.5) is 26.3 Å². The lowest BCUT2D eigenvalue weighted by atomic mass is 9.96. The van der Waals surface area contributed by atoms with Gasteiger partial charge in [-0.15, -0.1) is 0 Å². The van der Waals surface area contributed by atoms with Gasteiger partial charge in [-0.3, -0.25) is 4.79 Å². The van der Waals surface area contributed by atoms with E-state index in [9.17, 15) is 36.2 Å². The molecule has 0 aliphatic carbocycles. The van der Waals surface area contributed by atoms with Crippen molar-refractivity contribution < 1.29 is 36.2 Å². The summed E-state index contributed by atoms with van der Waals surface area (Å²) in [4.78, 5) is 12.5. The predicted molar refractivity (Wildman–Crippen MR) is 104 cm³/mol. The molecule has 1 amide bonds. The average Bonchev–Trinajstić information content (AvgIpc) is 3.10. The van der Waals surface area contributed by atoms with Gasteiger partial charge in [0, 0.05) is 12.0 Å². The van der Waals surface area contributed by atoms with Crippen LogP contribution in [-0.2, 0) is 17.4 Å². The van der Waals surface area contributed by atoms with Gasteiger partial charge in [0.15, 0.2) is 0 Å². The molecule has 0 aromatic heterocycles. The number of hydrogen-bond donors (Lipinski definition) is 1. The maximum atomic E-state index is 13.6. The van der Waals surface area contributed by atoms with Crippen molar-refractivity contribution >= 4 is 11.6 Å². The fraction of sp³-hybridized carbons (Fsp3) is 0.364. The Kier molecular flexibility index (Phi) is 6.64. The normalized spacial score (nSPS) is 19.2. The van der Waals surface area contributed by atoms with Crippen molar-refractivity contribution in [2.24, 2.45) is 5.10 Å². The molecular formula is C22H20F6N2O2. The van der Waals surface area contributed by atoms with Crippen molar-refractivity contribution in [1.82, 2.24) is 5.01 Å². The second-order valence-electron chi connectivity index (χ2n) is 7.48. The first-order chi connectivity index (χ1) is 14.9. The van der Waals surface area contributed by atoms with Gasteiger partial charge in [0.1, 0.15) is 0 Å². The molecule has 1 N–H and O–H groups in total. The lowest BCUT2D eigenvalue weighted by Gasteiger charge is -2.32. The largest absolute Gasteiger partial charge is 0.438 e. The molecule has 1 heterocycles. The van der Waals surface area contributed by atoms with Crippen molar-refractivity contribution in [1.29, 1.82) is 0 Å². The molecule has 1 aliphatic rings. The maximum Gasteiger partial charge on any atom is 0.438 e. The second kappa shape index (κ2) is 8.93. The standard InChI is InChI=1S/C22H20F6N2O2/c23-21(24,25)17-12-6-5-11-16(17)18-14-20(32,22(26,27)28)30(29-18)19(31)13-7-4-10-15-8-2-1-3-9-15/h1-3,5-6,8-9,11-12,32H,4,7,10,13-14H2. The van der Waals surface area contributed by atoms with E-state index in [2.05, 4.69) is 5.10 Å². The predicted octanol–water partition coefficient (Wildman–Crippen LogP) is 5.31. The minimum Gasteiger partial charge on any atom is -0.362 e. The molecule has 10 heteroatoms. The molecule has 1 atom stereocenters. The Bertz CT molecular complexity index is 988. The first-order valence-corrected chi connectivity index (χ1v) is 9.83.